The van der Waals surface area contributed by atoms with Crippen molar-refractivity contribution in [3.05, 3.63) is 56.7 Å². The van der Waals surface area contributed by atoms with Gasteiger partial charge in [0.15, 0.2) is 10.6 Å². The van der Waals surface area contributed by atoms with E-state index in [4.69, 9.17) is 4.74 Å². The summed E-state index contributed by atoms with van der Waals surface area (Å²) >= 11 is 1.45. The molecule has 6 nitrogen and oxygen atoms in total. The summed E-state index contributed by atoms with van der Waals surface area (Å²) in [5.74, 6) is -0.160. The van der Waals surface area contributed by atoms with E-state index in [-0.39, 0.29) is 23.5 Å². The zero-order valence-electron chi connectivity index (χ0n) is 14.7. The topological polar surface area (TPSA) is 74.1 Å². The van der Waals surface area contributed by atoms with Gasteiger partial charge in [0.1, 0.15) is 6.54 Å². The molecule has 0 spiro atoms. The summed E-state index contributed by atoms with van der Waals surface area (Å²) < 4.78 is 7.13. The third-order valence-corrected chi connectivity index (χ3v) is 6.09. The first kappa shape index (κ1) is 17.1. The van der Waals surface area contributed by atoms with Crippen LogP contribution in [0.3, 0.4) is 0 Å². The summed E-state index contributed by atoms with van der Waals surface area (Å²) in [5, 5.41) is 8.75. The average Bonchev–Trinajstić information content (AvgIpc) is 3.03. The van der Waals surface area contributed by atoms with E-state index < -0.39 is 0 Å². The lowest BCUT2D eigenvalue weighted by molar-refractivity contribution is -0.0543. The third kappa shape index (κ3) is 2.87. The number of aromatic nitrogens is 3. The van der Waals surface area contributed by atoms with Crippen LogP contribution in [0.1, 0.15) is 41.1 Å². The first-order valence-corrected chi connectivity index (χ1v) is 9.42. The molecule has 0 saturated carbocycles. The minimum absolute atomic E-state index is 0.113. The number of ketones is 1. The largest absolute Gasteiger partial charge is 0.369 e. The van der Waals surface area contributed by atoms with Crippen LogP contribution in [0.25, 0.3) is 10.2 Å². The number of thiophene rings is 1. The van der Waals surface area contributed by atoms with Gasteiger partial charge < -0.3 is 4.74 Å². The molecule has 2 aromatic heterocycles. The monoisotopic (exact) mass is 369 g/mol. The Morgan fingerprint density at radius 3 is 2.85 bits per heavy atom. The van der Waals surface area contributed by atoms with Crippen LogP contribution in [0.4, 0.5) is 0 Å². The quantitative estimate of drug-likeness (QED) is 0.661. The molecule has 7 heteroatoms. The van der Waals surface area contributed by atoms with Crippen LogP contribution < -0.4 is 5.56 Å². The minimum atomic E-state index is -0.276. The number of fused-ring (bicyclic) bond motifs is 3. The highest BCUT2D eigenvalue weighted by molar-refractivity contribution is 7.18. The molecular weight excluding hydrogens is 350 g/mol. The standard InChI is InChI=1S/C19H19N3O3S/c1-3-19(2)9-13-15(11-25-19)26-17-16(13)18(24)22(21-20-17)10-14(23)12-7-5-4-6-8-12/h4-8H,3,9-11H2,1-2H3/t19-/m1/s1. The van der Waals surface area contributed by atoms with Crippen LogP contribution in [0.5, 0.6) is 0 Å². The van der Waals surface area contributed by atoms with Gasteiger partial charge in [0.2, 0.25) is 0 Å². The molecule has 0 radical (unpaired) electrons. The molecule has 0 N–H and O–H groups in total. The predicted molar refractivity (Wildman–Crippen MR) is 99.6 cm³/mol. The number of hydrogen-bond donors (Lipinski definition) is 0. The van der Waals surface area contributed by atoms with Gasteiger partial charge in [-0.05, 0) is 18.9 Å². The van der Waals surface area contributed by atoms with E-state index in [1.165, 1.54) is 16.0 Å². The lowest BCUT2D eigenvalue weighted by atomic mass is 9.90. The molecule has 0 aliphatic carbocycles. The molecule has 0 fully saturated rings. The molecule has 0 bridgehead atoms. The van der Waals surface area contributed by atoms with E-state index in [0.29, 0.717) is 28.8 Å². The Bertz CT molecular complexity index is 1040. The maximum atomic E-state index is 13.0. The fourth-order valence-corrected chi connectivity index (χ4v) is 4.24. The van der Waals surface area contributed by atoms with Gasteiger partial charge in [-0.1, -0.05) is 42.5 Å². The summed E-state index contributed by atoms with van der Waals surface area (Å²) in [6.45, 7) is 4.52. The smallest absolute Gasteiger partial charge is 0.279 e. The van der Waals surface area contributed by atoms with Crippen molar-refractivity contribution in [1.29, 1.82) is 0 Å². The number of nitrogens with zero attached hydrogens (tertiary/aromatic N) is 3. The van der Waals surface area contributed by atoms with Crippen LogP contribution in [0, 0.1) is 0 Å². The predicted octanol–water partition coefficient (Wildman–Crippen LogP) is 2.98. The highest BCUT2D eigenvalue weighted by Crippen LogP contribution is 2.37. The van der Waals surface area contributed by atoms with Crippen molar-refractivity contribution in [2.24, 2.45) is 0 Å². The summed E-state index contributed by atoms with van der Waals surface area (Å²) in [5.41, 5.74) is 1.03. The molecule has 3 aromatic rings. The Kier molecular flexibility index (Phi) is 4.20. The first-order chi connectivity index (χ1) is 12.5. The molecule has 0 saturated heterocycles. The Morgan fingerprint density at radius 2 is 2.12 bits per heavy atom. The van der Waals surface area contributed by atoms with Gasteiger partial charge in [0.25, 0.3) is 5.56 Å². The summed E-state index contributed by atoms with van der Waals surface area (Å²) in [4.78, 5) is 27.1. The van der Waals surface area contributed by atoms with Crippen LogP contribution in [-0.2, 0) is 24.3 Å². The first-order valence-electron chi connectivity index (χ1n) is 8.61. The van der Waals surface area contributed by atoms with Gasteiger partial charge in [-0.3, -0.25) is 9.59 Å². The maximum absolute atomic E-state index is 13.0. The van der Waals surface area contributed by atoms with Crippen LogP contribution in [-0.4, -0.2) is 26.4 Å². The van der Waals surface area contributed by atoms with Crippen molar-refractivity contribution in [3.63, 3.8) is 0 Å². The van der Waals surface area contributed by atoms with E-state index >= 15 is 0 Å². The lowest BCUT2D eigenvalue weighted by Gasteiger charge is -2.32. The van der Waals surface area contributed by atoms with Gasteiger partial charge in [0.05, 0.1) is 17.6 Å². The van der Waals surface area contributed by atoms with Crippen LogP contribution in [0.2, 0.25) is 0 Å². The number of benzene rings is 1. The molecule has 134 valence electrons. The van der Waals surface area contributed by atoms with E-state index in [9.17, 15) is 9.59 Å². The highest BCUT2D eigenvalue weighted by Gasteiger charge is 2.33. The molecule has 1 aliphatic rings. The van der Waals surface area contributed by atoms with Gasteiger partial charge >= 0.3 is 0 Å². The minimum Gasteiger partial charge on any atom is -0.369 e. The summed E-state index contributed by atoms with van der Waals surface area (Å²) in [7, 11) is 0. The lowest BCUT2D eigenvalue weighted by Crippen LogP contribution is -2.35. The van der Waals surface area contributed by atoms with Gasteiger partial charge in [-0.15, -0.1) is 16.4 Å². The molecule has 1 aromatic carbocycles. The number of rotatable bonds is 4. The second-order valence-electron chi connectivity index (χ2n) is 6.79. The number of carbonyl (C=O) groups excluding carboxylic acids is 1. The zero-order chi connectivity index (χ0) is 18.3. The van der Waals surface area contributed by atoms with Gasteiger partial charge in [0, 0.05) is 16.9 Å². The summed E-state index contributed by atoms with van der Waals surface area (Å²) in [6, 6.07) is 8.91. The van der Waals surface area contributed by atoms with Crippen molar-refractivity contribution in [2.45, 2.75) is 45.4 Å². The molecule has 0 amide bonds. The third-order valence-electron chi connectivity index (χ3n) is 5.00. The fourth-order valence-electron chi connectivity index (χ4n) is 3.20. The molecular formula is C19H19N3O3S. The van der Waals surface area contributed by atoms with Gasteiger partial charge in [-0.2, -0.15) is 0 Å². The van der Waals surface area contributed by atoms with E-state index in [0.717, 1.165) is 16.9 Å². The Morgan fingerprint density at radius 1 is 1.35 bits per heavy atom. The van der Waals surface area contributed by atoms with Crippen LogP contribution >= 0.6 is 11.3 Å². The number of hydrogen-bond acceptors (Lipinski definition) is 6. The zero-order valence-corrected chi connectivity index (χ0v) is 15.5. The normalized spacial score (nSPS) is 19.5. The molecule has 1 atom stereocenters. The SMILES string of the molecule is CC[C@]1(C)Cc2c(sc3nnn(CC(=O)c4ccccc4)c(=O)c23)CO1. The molecule has 26 heavy (non-hydrogen) atoms. The maximum Gasteiger partial charge on any atom is 0.279 e. The van der Waals surface area contributed by atoms with E-state index in [2.05, 4.69) is 24.2 Å². The molecule has 4 rings (SSSR count). The fraction of sp³-hybridized carbons (Fsp3) is 0.368. The van der Waals surface area contributed by atoms with Crippen molar-refractivity contribution < 1.29 is 9.53 Å². The van der Waals surface area contributed by atoms with Gasteiger partial charge in [-0.25, -0.2) is 4.68 Å². The molecule has 0 unspecified atom stereocenters. The highest BCUT2D eigenvalue weighted by atomic mass is 32.1. The Hall–Kier alpha value is -2.38. The Labute approximate surface area is 154 Å². The van der Waals surface area contributed by atoms with Crippen LogP contribution in [0.15, 0.2) is 35.1 Å². The average molecular weight is 369 g/mol. The second kappa shape index (κ2) is 6.41. The van der Waals surface area contributed by atoms with Crippen molar-refractivity contribution in [3.8, 4) is 0 Å². The van der Waals surface area contributed by atoms with Crippen molar-refractivity contribution in [2.75, 3.05) is 0 Å². The summed E-state index contributed by atoms with van der Waals surface area (Å²) in [6.07, 6.45) is 1.54. The van der Waals surface area contributed by atoms with E-state index in [1.54, 1.807) is 24.3 Å². The van der Waals surface area contributed by atoms with E-state index in [1.807, 2.05) is 6.07 Å². The number of carbonyl (C=O) groups is 1. The number of Topliss-reactive ketones (excluding diaryl/α,β-unsaturated/α-hetero) is 1. The number of ether oxygens (including phenoxy) is 1. The molecule has 1 aliphatic heterocycles. The Balaban J connectivity index is 1.75. The van der Waals surface area contributed by atoms with Crippen molar-refractivity contribution >= 4 is 27.3 Å². The van der Waals surface area contributed by atoms with Crippen molar-refractivity contribution in [1.82, 2.24) is 15.0 Å². The molecule has 3 heterocycles. The second-order valence-corrected chi connectivity index (χ2v) is 7.88.